The summed E-state index contributed by atoms with van der Waals surface area (Å²) < 4.78 is 1.50. The zero-order valence-corrected chi connectivity index (χ0v) is 15.4. The number of fused-ring (bicyclic) bond motifs is 1. The number of carbonyl (C=O) groups excluding carboxylic acids is 1. The summed E-state index contributed by atoms with van der Waals surface area (Å²) in [7, 11) is 1.67. The molecule has 7 nitrogen and oxygen atoms in total. The third kappa shape index (κ3) is 2.99. The zero-order valence-electron chi connectivity index (χ0n) is 15.4. The van der Waals surface area contributed by atoms with Gasteiger partial charge in [-0.2, -0.15) is 5.26 Å². The van der Waals surface area contributed by atoms with E-state index in [1.807, 2.05) is 41.3 Å². The van der Waals surface area contributed by atoms with Crippen LogP contribution >= 0.6 is 0 Å². The van der Waals surface area contributed by atoms with Gasteiger partial charge < -0.3 is 14.8 Å². The summed E-state index contributed by atoms with van der Waals surface area (Å²) in [6.07, 6.45) is 3.38. The molecule has 1 amide bonds. The van der Waals surface area contributed by atoms with E-state index in [0.29, 0.717) is 25.3 Å². The van der Waals surface area contributed by atoms with Crippen molar-refractivity contribution >= 4 is 22.5 Å². The van der Waals surface area contributed by atoms with Gasteiger partial charge in [0, 0.05) is 44.5 Å². The number of aromatic nitrogens is 2. The summed E-state index contributed by atoms with van der Waals surface area (Å²) in [6, 6.07) is 13.3. The minimum Gasteiger partial charge on any atom is -0.368 e. The fourth-order valence-corrected chi connectivity index (χ4v) is 3.57. The molecule has 0 unspecified atom stereocenters. The summed E-state index contributed by atoms with van der Waals surface area (Å²) in [5.41, 5.74) is 2.19. The number of aryl methyl sites for hydroxylation is 1. The van der Waals surface area contributed by atoms with Crippen molar-refractivity contribution in [2.75, 3.05) is 18.0 Å². The second-order valence-electron chi connectivity index (χ2n) is 6.89. The second-order valence-corrected chi connectivity index (χ2v) is 6.89. The SMILES string of the molecule is Cn1c(=O)c(C#N)c(N2CC(C(=O)NCc3ccncc3)C2)c2ccccc21. The van der Waals surface area contributed by atoms with Gasteiger partial charge in [0.15, 0.2) is 0 Å². The smallest absolute Gasteiger partial charge is 0.270 e. The molecule has 140 valence electrons. The number of hydrogen-bond acceptors (Lipinski definition) is 5. The summed E-state index contributed by atoms with van der Waals surface area (Å²) in [5.74, 6) is -0.198. The van der Waals surface area contributed by atoms with Gasteiger partial charge in [0.2, 0.25) is 5.91 Å². The van der Waals surface area contributed by atoms with Gasteiger partial charge in [-0.1, -0.05) is 18.2 Å². The number of nitrogens with one attached hydrogen (secondary N) is 1. The molecule has 1 saturated heterocycles. The Labute approximate surface area is 161 Å². The van der Waals surface area contributed by atoms with E-state index in [0.717, 1.165) is 16.5 Å². The van der Waals surface area contributed by atoms with Crippen LogP contribution in [-0.2, 0) is 18.4 Å². The topological polar surface area (TPSA) is 91.0 Å². The monoisotopic (exact) mass is 373 g/mol. The van der Waals surface area contributed by atoms with Gasteiger partial charge in [-0.15, -0.1) is 0 Å². The number of para-hydroxylation sites is 1. The Kier molecular flexibility index (Phi) is 4.53. The van der Waals surface area contributed by atoms with Crippen LogP contribution in [-0.4, -0.2) is 28.5 Å². The predicted molar refractivity (Wildman–Crippen MR) is 106 cm³/mol. The number of hydrogen-bond donors (Lipinski definition) is 1. The van der Waals surface area contributed by atoms with Gasteiger partial charge in [-0.05, 0) is 23.8 Å². The molecule has 4 rings (SSSR count). The quantitative estimate of drug-likeness (QED) is 0.749. The first kappa shape index (κ1) is 17.7. The van der Waals surface area contributed by atoms with Crippen molar-refractivity contribution in [2.24, 2.45) is 13.0 Å². The van der Waals surface area contributed by atoms with Gasteiger partial charge in [0.25, 0.3) is 5.56 Å². The van der Waals surface area contributed by atoms with Crippen molar-refractivity contribution in [3.05, 3.63) is 70.3 Å². The third-order valence-corrected chi connectivity index (χ3v) is 5.17. The van der Waals surface area contributed by atoms with Crippen molar-refractivity contribution in [1.82, 2.24) is 14.9 Å². The normalized spacial score (nSPS) is 13.8. The average molecular weight is 373 g/mol. The molecule has 28 heavy (non-hydrogen) atoms. The molecular formula is C21H19N5O2. The van der Waals surface area contributed by atoms with Crippen molar-refractivity contribution in [2.45, 2.75) is 6.54 Å². The van der Waals surface area contributed by atoms with E-state index in [-0.39, 0.29) is 22.9 Å². The van der Waals surface area contributed by atoms with Gasteiger partial charge in [-0.25, -0.2) is 0 Å². The molecule has 3 aromatic rings. The number of anilines is 1. The minimum absolute atomic E-state index is 0.0280. The Morgan fingerprint density at radius 1 is 1.25 bits per heavy atom. The van der Waals surface area contributed by atoms with Crippen LogP contribution in [0.1, 0.15) is 11.1 Å². The minimum atomic E-state index is -0.318. The molecule has 1 fully saturated rings. The molecular weight excluding hydrogens is 354 g/mol. The van der Waals surface area contributed by atoms with Crippen LogP contribution < -0.4 is 15.8 Å². The highest BCUT2D eigenvalue weighted by atomic mass is 16.2. The Balaban J connectivity index is 1.54. The highest BCUT2D eigenvalue weighted by Crippen LogP contribution is 2.33. The summed E-state index contributed by atoms with van der Waals surface area (Å²) in [6.45, 7) is 1.41. The van der Waals surface area contributed by atoms with E-state index in [2.05, 4.69) is 16.4 Å². The zero-order chi connectivity index (χ0) is 19.7. The lowest BCUT2D eigenvalue weighted by Crippen LogP contribution is -2.54. The first-order chi connectivity index (χ1) is 13.6. The van der Waals surface area contributed by atoms with E-state index < -0.39 is 0 Å². The molecule has 1 N–H and O–H groups in total. The molecule has 1 aliphatic heterocycles. The molecule has 0 atom stereocenters. The molecule has 0 radical (unpaired) electrons. The maximum absolute atomic E-state index is 12.6. The van der Waals surface area contributed by atoms with Crippen molar-refractivity contribution in [1.29, 1.82) is 5.26 Å². The van der Waals surface area contributed by atoms with Crippen LogP contribution in [0.25, 0.3) is 10.9 Å². The lowest BCUT2D eigenvalue weighted by atomic mass is 9.95. The number of rotatable bonds is 4. The van der Waals surface area contributed by atoms with Gasteiger partial charge in [0.1, 0.15) is 11.6 Å². The highest BCUT2D eigenvalue weighted by Gasteiger charge is 2.35. The van der Waals surface area contributed by atoms with Crippen molar-refractivity contribution in [3.8, 4) is 6.07 Å². The molecule has 0 saturated carbocycles. The molecule has 0 aliphatic carbocycles. The lowest BCUT2D eigenvalue weighted by molar-refractivity contribution is -0.125. The van der Waals surface area contributed by atoms with Crippen molar-refractivity contribution < 1.29 is 4.79 Å². The van der Waals surface area contributed by atoms with Crippen LogP contribution in [0.5, 0.6) is 0 Å². The van der Waals surface area contributed by atoms with Gasteiger partial charge in [-0.3, -0.25) is 14.6 Å². The molecule has 1 aromatic carbocycles. The molecule has 1 aliphatic rings. The molecule has 3 heterocycles. The summed E-state index contributed by atoms with van der Waals surface area (Å²) >= 11 is 0. The summed E-state index contributed by atoms with van der Waals surface area (Å²) in [5, 5.41) is 13.3. The second kappa shape index (κ2) is 7.16. The summed E-state index contributed by atoms with van der Waals surface area (Å²) in [4.78, 5) is 30.9. The first-order valence-electron chi connectivity index (χ1n) is 9.03. The number of benzene rings is 1. The predicted octanol–water partition coefficient (Wildman–Crippen LogP) is 1.56. The van der Waals surface area contributed by atoms with E-state index in [1.165, 1.54) is 4.57 Å². The van der Waals surface area contributed by atoms with Crippen LogP contribution in [0.3, 0.4) is 0 Å². The van der Waals surface area contributed by atoms with Crippen LogP contribution in [0.4, 0.5) is 5.69 Å². The van der Waals surface area contributed by atoms with Crippen molar-refractivity contribution in [3.63, 3.8) is 0 Å². The van der Waals surface area contributed by atoms with E-state index in [9.17, 15) is 14.9 Å². The van der Waals surface area contributed by atoms with E-state index >= 15 is 0 Å². The van der Waals surface area contributed by atoms with Crippen LogP contribution in [0, 0.1) is 17.2 Å². The van der Waals surface area contributed by atoms with Crippen LogP contribution in [0.2, 0.25) is 0 Å². The maximum atomic E-state index is 12.6. The fraction of sp³-hybridized carbons (Fsp3) is 0.238. The number of amides is 1. The number of nitriles is 1. The number of carbonyl (C=O) groups is 1. The van der Waals surface area contributed by atoms with Crippen LogP contribution in [0.15, 0.2) is 53.6 Å². The highest BCUT2D eigenvalue weighted by molar-refractivity contribution is 5.96. The molecule has 0 spiro atoms. The number of nitrogens with zero attached hydrogens (tertiary/aromatic N) is 4. The first-order valence-corrected chi connectivity index (χ1v) is 9.03. The van der Waals surface area contributed by atoms with Gasteiger partial charge >= 0.3 is 0 Å². The van der Waals surface area contributed by atoms with E-state index in [4.69, 9.17) is 0 Å². The Morgan fingerprint density at radius 3 is 2.68 bits per heavy atom. The molecule has 7 heteroatoms. The van der Waals surface area contributed by atoms with Gasteiger partial charge in [0.05, 0.1) is 17.1 Å². The fourth-order valence-electron chi connectivity index (χ4n) is 3.57. The Bertz CT molecular complexity index is 1140. The van der Waals surface area contributed by atoms with E-state index in [1.54, 1.807) is 19.4 Å². The maximum Gasteiger partial charge on any atom is 0.270 e. The Hall–Kier alpha value is -3.66. The largest absolute Gasteiger partial charge is 0.368 e. The molecule has 2 aromatic heterocycles. The third-order valence-electron chi connectivity index (χ3n) is 5.17. The number of pyridine rings is 2. The standard InChI is InChI=1S/C21H19N5O2/c1-25-18-5-3-2-4-16(18)19(17(10-22)21(25)28)26-12-15(13-26)20(27)24-11-14-6-8-23-9-7-14/h2-9,15H,11-13H2,1H3,(H,24,27). The Morgan fingerprint density at radius 2 is 1.96 bits per heavy atom. The molecule has 0 bridgehead atoms. The lowest BCUT2D eigenvalue weighted by Gasteiger charge is -2.41. The average Bonchev–Trinajstić information content (AvgIpc) is 2.70.